The van der Waals surface area contributed by atoms with Crippen LogP contribution in [0.15, 0.2) is 54.6 Å². The van der Waals surface area contributed by atoms with Gasteiger partial charge in [-0.05, 0) is 60.7 Å². The van der Waals surface area contributed by atoms with E-state index in [2.05, 4.69) is 5.32 Å². The Morgan fingerprint density at radius 2 is 1.82 bits per heavy atom. The molecule has 1 amide bonds. The quantitative estimate of drug-likeness (QED) is 0.625. The lowest BCUT2D eigenvalue weighted by Gasteiger charge is -2.14. The summed E-state index contributed by atoms with van der Waals surface area (Å²) in [7, 11) is 1.50. The molecule has 0 aliphatic carbocycles. The largest absolute Gasteiger partial charge is 0.496 e. The number of amides is 1. The third-order valence-corrected chi connectivity index (χ3v) is 4.31. The van der Waals surface area contributed by atoms with E-state index in [4.69, 9.17) is 6.11 Å². The summed E-state index contributed by atoms with van der Waals surface area (Å²) < 4.78 is 52.3. The van der Waals surface area contributed by atoms with E-state index in [0.29, 0.717) is 33.2 Å². The van der Waals surface area contributed by atoms with E-state index in [0.717, 1.165) is 12.1 Å². The molecule has 0 bridgehead atoms. The highest BCUT2D eigenvalue weighted by Gasteiger charge is 2.30. The second-order valence-electron chi connectivity index (χ2n) is 6.69. The zero-order valence-electron chi connectivity index (χ0n) is 16.6. The first-order valence-electron chi connectivity index (χ1n) is 9.21. The number of carbonyl (C=O) groups is 1. The molecule has 0 saturated carbocycles. The number of nitrogens with one attached hydrogen (secondary N) is 1. The van der Waals surface area contributed by atoms with Gasteiger partial charge in [-0.15, -0.1) is 0 Å². The summed E-state index contributed by atoms with van der Waals surface area (Å²) in [4.78, 5) is 12.4. The van der Waals surface area contributed by atoms with E-state index in [1.807, 2.05) is 13.8 Å². The van der Waals surface area contributed by atoms with Crippen molar-refractivity contribution < 1.29 is 24.1 Å². The highest BCUT2D eigenvalue weighted by atomic mass is 19.4. The second kappa shape index (κ2) is 7.54. The summed E-state index contributed by atoms with van der Waals surface area (Å²) in [5.74, 6) is 0.298. The standard InChI is InChI=1S/C22H20F3NO2/c1-13(2)26-21(27)15-6-9-18-17(10-11-20(28-3)19(18)12-15)14-4-7-16(8-5-14)22(23,24)25/h4-13H,1-3H3,(H,26,27)/i4D. The maximum atomic E-state index is 12.9. The van der Waals surface area contributed by atoms with Crippen LogP contribution in [0.3, 0.4) is 0 Å². The molecule has 0 aliphatic heterocycles. The van der Waals surface area contributed by atoms with E-state index in [-0.39, 0.29) is 18.0 Å². The Morgan fingerprint density at radius 1 is 1.07 bits per heavy atom. The molecule has 0 fully saturated rings. The lowest BCUT2D eigenvalue weighted by Crippen LogP contribution is -2.29. The van der Waals surface area contributed by atoms with Crippen molar-refractivity contribution in [3.63, 3.8) is 0 Å². The molecule has 28 heavy (non-hydrogen) atoms. The van der Waals surface area contributed by atoms with Gasteiger partial charge in [0, 0.05) is 17.0 Å². The Labute approximate surface area is 162 Å². The van der Waals surface area contributed by atoms with Gasteiger partial charge in [-0.1, -0.05) is 24.2 Å². The Hall–Kier alpha value is -3.02. The number of hydrogen-bond acceptors (Lipinski definition) is 2. The van der Waals surface area contributed by atoms with E-state index >= 15 is 0 Å². The van der Waals surface area contributed by atoms with Crippen molar-refractivity contribution in [3.8, 4) is 16.9 Å². The van der Waals surface area contributed by atoms with Gasteiger partial charge >= 0.3 is 6.18 Å². The van der Waals surface area contributed by atoms with Gasteiger partial charge < -0.3 is 10.1 Å². The fourth-order valence-electron chi connectivity index (χ4n) is 2.99. The number of methoxy groups -OCH3 is 1. The van der Waals surface area contributed by atoms with Crippen molar-refractivity contribution in [2.45, 2.75) is 26.1 Å². The lowest BCUT2D eigenvalue weighted by atomic mass is 9.95. The predicted molar refractivity (Wildman–Crippen MR) is 104 cm³/mol. The molecule has 146 valence electrons. The normalized spacial score (nSPS) is 12.2. The number of rotatable bonds is 4. The molecule has 3 rings (SSSR count). The van der Waals surface area contributed by atoms with Gasteiger partial charge in [0.1, 0.15) is 5.75 Å². The maximum Gasteiger partial charge on any atom is 0.416 e. The summed E-state index contributed by atoms with van der Waals surface area (Å²) in [5, 5.41) is 4.14. The zero-order valence-corrected chi connectivity index (χ0v) is 15.6. The first kappa shape index (κ1) is 18.3. The second-order valence-corrected chi connectivity index (χ2v) is 6.69. The van der Waals surface area contributed by atoms with Crippen molar-refractivity contribution in [1.29, 1.82) is 0 Å². The predicted octanol–water partition coefficient (Wildman–Crippen LogP) is 5.67. The SMILES string of the molecule is [2H]c1cc(C(F)(F)F)ccc1-c1ccc(OC)c2cc(C(=O)NC(C)C)ccc12. The molecule has 3 aromatic carbocycles. The number of benzene rings is 3. The number of carbonyl (C=O) groups excluding carboxylic acids is 1. The Morgan fingerprint density at radius 3 is 2.43 bits per heavy atom. The first-order chi connectivity index (χ1) is 13.6. The van der Waals surface area contributed by atoms with Crippen molar-refractivity contribution in [1.82, 2.24) is 5.32 Å². The monoisotopic (exact) mass is 388 g/mol. The van der Waals surface area contributed by atoms with Crippen molar-refractivity contribution in [2.24, 2.45) is 0 Å². The lowest BCUT2D eigenvalue weighted by molar-refractivity contribution is -0.137. The van der Waals surface area contributed by atoms with Crippen LogP contribution in [0.25, 0.3) is 21.9 Å². The number of ether oxygens (including phenoxy) is 1. The van der Waals surface area contributed by atoms with Crippen molar-refractivity contribution in [2.75, 3.05) is 7.11 Å². The van der Waals surface area contributed by atoms with Crippen LogP contribution in [0, 0.1) is 0 Å². The third kappa shape index (κ3) is 3.96. The molecular weight excluding hydrogens is 367 g/mol. The van der Waals surface area contributed by atoms with Crippen LogP contribution in [0.1, 0.15) is 31.1 Å². The molecule has 3 aromatic rings. The minimum Gasteiger partial charge on any atom is -0.496 e. The average molecular weight is 388 g/mol. The van der Waals surface area contributed by atoms with E-state index in [1.165, 1.54) is 13.2 Å². The van der Waals surface area contributed by atoms with Crippen LogP contribution >= 0.6 is 0 Å². The summed E-state index contributed by atoms with van der Waals surface area (Å²) in [5.41, 5.74) is 0.539. The molecule has 0 aliphatic rings. The topological polar surface area (TPSA) is 38.3 Å². The summed E-state index contributed by atoms with van der Waals surface area (Å²) >= 11 is 0. The van der Waals surface area contributed by atoms with Crippen LogP contribution < -0.4 is 10.1 Å². The zero-order chi connectivity index (χ0) is 21.3. The molecule has 3 nitrogen and oxygen atoms in total. The molecular formula is C22H20F3NO2. The van der Waals surface area contributed by atoms with Crippen LogP contribution in [-0.4, -0.2) is 19.1 Å². The Bertz CT molecular complexity index is 1080. The molecule has 0 radical (unpaired) electrons. The first-order valence-corrected chi connectivity index (χ1v) is 8.71. The average Bonchev–Trinajstić information content (AvgIpc) is 2.65. The van der Waals surface area contributed by atoms with Crippen LogP contribution in [0.2, 0.25) is 0 Å². The molecule has 0 saturated heterocycles. The number of fused-ring (bicyclic) bond motifs is 1. The van der Waals surface area contributed by atoms with Gasteiger partial charge in [0.15, 0.2) is 0 Å². The highest BCUT2D eigenvalue weighted by molar-refractivity contribution is 6.05. The van der Waals surface area contributed by atoms with E-state index < -0.39 is 11.7 Å². The van der Waals surface area contributed by atoms with Crippen LogP contribution in [-0.2, 0) is 6.18 Å². The van der Waals surface area contributed by atoms with Gasteiger partial charge in [-0.2, -0.15) is 13.2 Å². The van der Waals surface area contributed by atoms with Gasteiger partial charge in [-0.3, -0.25) is 4.79 Å². The van der Waals surface area contributed by atoms with Gasteiger partial charge in [-0.25, -0.2) is 0 Å². The molecule has 0 unspecified atom stereocenters. The Kier molecular flexibility index (Phi) is 4.94. The molecule has 0 spiro atoms. The van der Waals surface area contributed by atoms with Gasteiger partial charge in [0.05, 0.1) is 14.0 Å². The minimum atomic E-state index is -4.50. The maximum absolute atomic E-state index is 12.9. The third-order valence-electron chi connectivity index (χ3n) is 4.31. The van der Waals surface area contributed by atoms with Crippen LogP contribution in [0.5, 0.6) is 5.75 Å². The molecule has 1 N–H and O–H groups in total. The van der Waals surface area contributed by atoms with Crippen molar-refractivity contribution in [3.05, 3.63) is 65.7 Å². The molecule has 0 atom stereocenters. The fraction of sp³-hybridized carbons (Fsp3) is 0.227. The fourth-order valence-corrected chi connectivity index (χ4v) is 2.99. The summed E-state index contributed by atoms with van der Waals surface area (Å²) in [6, 6.07) is 11.3. The molecule has 0 heterocycles. The summed E-state index contributed by atoms with van der Waals surface area (Å²) in [6.45, 7) is 3.72. The number of alkyl halides is 3. The van der Waals surface area contributed by atoms with E-state index in [9.17, 15) is 18.0 Å². The van der Waals surface area contributed by atoms with Crippen LogP contribution in [0.4, 0.5) is 13.2 Å². The minimum absolute atomic E-state index is 0.0237. The van der Waals surface area contributed by atoms with Crippen molar-refractivity contribution >= 4 is 16.7 Å². The van der Waals surface area contributed by atoms with Gasteiger partial charge in [0.25, 0.3) is 5.91 Å². The smallest absolute Gasteiger partial charge is 0.416 e. The number of halogens is 3. The highest BCUT2D eigenvalue weighted by Crippen LogP contribution is 2.36. The molecule has 0 aromatic heterocycles. The van der Waals surface area contributed by atoms with E-state index in [1.54, 1.807) is 30.3 Å². The number of hydrogen-bond donors (Lipinski definition) is 1. The van der Waals surface area contributed by atoms with Gasteiger partial charge in [0.2, 0.25) is 0 Å². The summed E-state index contributed by atoms with van der Waals surface area (Å²) in [6.07, 6.45) is -4.50. The Balaban J connectivity index is 2.16. The molecule has 6 heteroatoms.